The minimum atomic E-state index is -0.866. The van der Waals surface area contributed by atoms with Crippen LogP contribution in [0.5, 0.6) is 0 Å². The molecular weight excluding hydrogens is 262 g/mol. The molecule has 2 N–H and O–H groups in total. The van der Waals surface area contributed by atoms with Gasteiger partial charge in [0.25, 0.3) is 0 Å². The topological polar surface area (TPSA) is 90.0 Å². The number of aliphatic carboxylic acids is 1. The number of carboxylic acids is 1. The maximum absolute atomic E-state index is 11.9. The lowest BCUT2D eigenvalue weighted by molar-refractivity contribution is -0.137. The molecule has 0 saturated carbocycles. The van der Waals surface area contributed by atoms with Gasteiger partial charge in [0.2, 0.25) is 5.91 Å². The zero-order valence-corrected chi connectivity index (χ0v) is 11.9. The number of hydrogen-bond acceptors (Lipinski definition) is 4. The molecule has 1 saturated heterocycles. The highest BCUT2D eigenvalue weighted by Crippen LogP contribution is 2.03. The van der Waals surface area contributed by atoms with Gasteiger partial charge in [0.05, 0.1) is 0 Å². The number of carbonyl (C=O) groups is 3. The first-order valence-electron chi connectivity index (χ1n) is 6.98. The molecule has 1 heterocycles. The molecule has 1 rings (SSSR count). The molecule has 3 amide bonds. The van der Waals surface area contributed by atoms with E-state index in [9.17, 15) is 14.4 Å². The Hall–Kier alpha value is -1.63. The molecule has 0 aromatic rings. The number of unbranched alkanes of at least 4 members (excludes halogenated alkanes) is 1. The van der Waals surface area contributed by atoms with Gasteiger partial charge in [-0.15, -0.1) is 0 Å². The van der Waals surface area contributed by atoms with Crippen molar-refractivity contribution in [2.45, 2.75) is 32.1 Å². The summed E-state index contributed by atoms with van der Waals surface area (Å²) in [7, 11) is 2.01. The van der Waals surface area contributed by atoms with Crippen molar-refractivity contribution in [3.63, 3.8) is 0 Å². The van der Waals surface area contributed by atoms with Crippen molar-refractivity contribution in [1.29, 1.82) is 0 Å². The minimum absolute atomic E-state index is 0.0552. The Morgan fingerprint density at radius 3 is 2.45 bits per heavy atom. The third kappa shape index (κ3) is 6.51. The van der Waals surface area contributed by atoms with Crippen molar-refractivity contribution in [2.75, 3.05) is 33.2 Å². The largest absolute Gasteiger partial charge is 0.481 e. The number of carbonyl (C=O) groups excluding carboxylic acids is 2. The normalized spacial score (nSPS) is 16.6. The van der Waals surface area contributed by atoms with E-state index in [-0.39, 0.29) is 24.8 Å². The maximum Gasteiger partial charge on any atom is 0.324 e. The monoisotopic (exact) mass is 285 g/mol. The molecule has 1 aliphatic rings. The van der Waals surface area contributed by atoms with Crippen LogP contribution in [0.3, 0.4) is 0 Å². The van der Waals surface area contributed by atoms with E-state index in [0.29, 0.717) is 25.9 Å². The Bertz CT molecular complexity index is 360. The lowest BCUT2D eigenvalue weighted by Gasteiger charge is -2.20. The second kappa shape index (κ2) is 8.52. The van der Waals surface area contributed by atoms with Crippen LogP contribution in [0.2, 0.25) is 0 Å². The minimum Gasteiger partial charge on any atom is -0.481 e. The first-order chi connectivity index (χ1) is 9.49. The average molecular weight is 285 g/mol. The summed E-state index contributed by atoms with van der Waals surface area (Å²) in [4.78, 5) is 37.6. The smallest absolute Gasteiger partial charge is 0.324 e. The molecule has 0 aromatic carbocycles. The molecule has 7 heteroatoms. The Kier molecular flexibility index (Phi) is 7.00. The number of urea groups is 1. The van der Waals surface area contributed by atoms with Crippen molar-refractivity contribution in [3.05, 3.63) is 0 Å². The quantitative estimate of drug-likeness (QED) is 0.718. The summed E-state index contributed by atoms with van der Waals surface area (Å²) < 4.78 is 0. The zero-order chi connectivity index (χ0) is 15.0. The van der Waals surface area contributed by atoms with Gasteiger partial charge >= 0.3 is 12.0 Å². The molecule has 0 aliphatic carbocycles. The van der Waals surface area contributed by atoms with Gasteiger partial charge in [-0.3, -0.25) is 14.9 Å². The van der Waals surface area contributed by atoms with E-state index in [1.807, 2.05) is 7.05 Å². The van der Waals surface area contributed by atoms with E-state index in [1.165, 1.54) is 0 Å². The second-order valence-electron chi connectivity index (χ2n) is 5.10. The fourth-order valence-electron chi connectivity index (χ4n) is 2.07. The van der Waals surface area contributed by atoms with Crippen LogP contribution >= 0.6 is 0 Å². The number of likely N-dealkylation sites (N-methyl/N-ethyl adjacent to an activating group) is 1. The molecule has 114 valence electrons. The number of rotatable bonds is 5. The highest BCUT2D eigenvalue weighted by Gasteiger charge is 2.18. The number of imide groups is 1. The summed E-state index contributed by atoms with van der Waals surface area (Å²) in [6.07, 6.45) is 2.07. The third-order valence-electron chi connectivity index (χ3n) is 3.30. The molecular formula is C13H23N3O4. The second-order valence-corrected chi connectivity index (χ2v) is 5.10. The van der Waals surface area contributed by atoms with Crippen LogP contribution < -0.4 is 5.32 Å². The van der Waals surface area contributed by atoms with E-state index in [2.05, 4.69) is 10.2 Å². The van der Waals surface area contributed by atoms with E-state index in [1.54, 1.807) is 4.90 Å². The number of nitrogens with one attached hydrogen (secondary N) is 1. The van der Waals surface area contributed by atoms with Crippen LogP contribution in [0.1, 0.15) is 32.1 Å². The summed E-state index contributed by atoms with van der Waals surface area (Å²) in [6, 6.07) is -0.344. The predicted octanol–water partition coefficient (Wildman–Crippen LogP) is 0.505. The van der Waals surface area contributed by atoms with Crippen LogP contribution in [0.15, 0.2) is 0 Å². The van der Waals surface area contributed by atoms with Crippen molar-refractivity contribution < 1.29 is 19.5 Å². The van der Waals surface area contributed by atoms with Crippen molar-refractivity contribution in [2.24, 2.45) is 0 Å². The molecule has 0 radical (unpaired) electrons. The Balaban J connectivity index is 2.23. The van der Waals surface area contributed by atoms with Crippen LogP contribution in [-0.4, -0.2) is 66.0 Å². The third-order valence-corrected chi connectivity index (χ3v) is 3.30. The van der Waals surface area contributed by atoms with Crippen LogP contribution in [0.4, 0.5) is 4.79 Å². The molecule has 1 aliphatic heterocycles. The SMILES string of the molecule is CN1CCCN(C(=O)NC(=O)CCCCC(=O)O)CC1. The van der Waals surface area contributed by atoms with Gasteiger partial charge in [-0.1, -0.05) is 0 Å². The number of carboxylic acid groups (broad SMARTS) is 1. The average Bonchev–Trinajstić information content (AvgIpc) is 2.59. The van der Waals surface area contributed by atoms with E-state index in [4.69, 9.17) is 5.11 Å². The van der Waals surface area contributed by atoms with Crippen molar-refractivity contribution >= 4 is 17.9 Å². The van der Waals surface area contributed by atoms with Crippen LogP contribution in [0, 0.1) is 0 Å². The Morgan fingerprint density at radius 1 is 1.05 bits per heavy atom. The zero-order valence-electron chi connectivity index (χ0n) is 11.9. The summed E-state index contributed by atoms with van der Waals surface area (Å²) in [5.74, 6) is -1.20. The summed E-state index contributed by atoms with van der Waals surface area (Å²) in [5.41, 5.74) is 0. The standard InChI is InChI=1S/C13H23N3O4/c1-15-7-4-8-16(10-9-15)13(20)14-11(17)5-2-3-6-12(18)19/h2-10H2,1H3,(H,18,19)(H,14,17,20). The van der Waals surface area contributed by atoms with Gasteiger partial charge in [0.1, 0.15) is 0 Å². The van der Waals surface area contributed by atoms with Gasteiger partial charge < -0.3 is 14.9 Å². The van der Waals surface area contributed by atoms with E-state index in [0.717, 1.165) is 19.5 Å². The molecule has 0 bridgehead atoms. The Labute approximate surface area is 118 Å². The molecule has 0 unspecified atom stereocenters. The van der Waals surface area contributed by atoms with Gasteiger partial charge in [-0.2, -0.15) is 0 Å². The first-order valence-corrected chi connectivity index (χ1v) is 6.98. The molecule has 7 nitrogen and oxygen atoms in total. The Morgan fingerprint density at radius 2 is 1.75 bits per heavy atom. The maximum atomic E-state index is 11.9. The molecule has 1 fully saturated rings. The molecule has 0 aromatic heterocycles. The highest BCUT2D eigenvalue weighted by molar-refractivity contribution is 5.94. The lowest BCUT2D eigenvalue weighted by atomic mass is 10.2. The van der Waals surface area contributed by atoms with Crippen LogP contribution in [-0.2, 0) is 9.59 Å². The molecule has 0 spiro atoms. The van der Waals surface area contributed by atoms with Gasteiger partial charge in [-0.05, 0) is 32.9 Å². The summed E-state index contributed by atoms with van der Waals surface area (Å²) in [5, 5.41) is 10.8. The molecule has 20 heavy (non-hydrogen) atoms. The number of hydrogen-bond donors (Lipinski definition) is 2. The van der Waals surface area contributed by atoms with Gasteiger partial charge in [0.15, 0.2) is 0 Å². The predicted molar refractivity (Wildman–Crippen MR) is 73.3 cm³/mol. The lowest BCUT2D eigenvalue weighted by Crippen LogP contribution is -2.44. The first kappa shape index (κ1) is 16.4. The number of amides is 3. The van der Waals surface area contributed by atoms with Gasteiger partial charge in [0, 0.05) is 32.5 Å². The summed E-state index contributed by atoms with van der Waals surface area (Å²) in [6.45, 7) is 3.03. The number of nitrogens with zero attached hydrogens (tertiary/aromatic N) is 2. The molecule has 0 atom stereocenters. The highest BCUT2D eigenvalue weighted by atomic mass is 16.4. The summed E-state index contributed by atoms with van der Waals surface area (Å²) >= 11 is 0. The van der Waals surface area contributed by atoms with Gasteiger partial charge in [-0.25, -0.2) is 4.79 Å². The van der Waals surface area contributed by atoms with Crippen LogP contribution in [0.25, 0.3) is 0 Å². The fraction of sp³-hybridized carbons (Fsp3) is 0.769. The van der Waals surface area contributed by atoms with E-state index >= 15 is 0 Å². The van der Waals surface area contributed by atoms with Crippen molar-refractivity contribution in [1.82, 2.24) is 15.1 Å². The van der Waals surface area contributed by atoms with Crippen molar-refractivity contribution in [3.8, 4) is 0 Å². The van der Waals surface area contributed by atoms with E-state index < -0.39 is 5.97 Å². The fourth-order valence-corrected chi connectivity index (χ4v) is 2.07.